The van der Waals surface area contributed by atoms with Crippen LogP contribution in [0.3, 0.4) is 0 Å². The molecular weight excluding hydrogens is 573 g/mol. The van der Waals surface area contributed by atoms with E-state index in [4.69, 9.17) is 13.9 Å². The zero-order chi connectivity index (χ0) is 26.0. The van der Waals surface area contributed by atoms with E-state index in [0.29, 0.717) is 29.6 Å². The number of pyridine rings is 1. The number of halogens is 1. The summed E-state index contributed by atoms with van der Waals surface area (Å²) in [6.07, 6.45) is 4.96. The highest BCUT2D eigenvalue weighted by molar-refractivity contribution is 14.1. The summed E-state index contributed by atoms with van der Waals surface area (Å²) in [6, 6.07) is 5.31. The summed E-state index contributed by atoms with van der Waals surface area (Å²) in [4.78, 5) is 29.1. The number of hydrogen-bond donors (Lipinski definition) is 1. The van der Waals surface area contributed by atoms with Crippen molar-refractivity contribution in [1.29, 1.82) is 0 Å². The Hall–Kier alpha value is -1.94. The lowest BCUT2D eigenvalue weighted by molar-refractivity contribution is -0.218. The van der Waals surface area contributed by atoms with Crippen LogP contribution < -0.4 is 10.4 Å². The molecule has 0 amide bonds. The monoisotopic (exact) mass is 607 g/mol. The lowest BCUT2D eigenvalue weighted by atomic mass is 9.42. The fraction of sp³-hybridized carbons (Fsp3) is 0.607. The minimum Gasteiger partial charge on any atom is -0.485 e. The highest BCUT2D eigenvalue weighted by Crippen LogP contribution is 2.68. The quantitative estimate of drug-likeness (QED) is 0.286. The molecule has 2 aromatic heterocycles. The molecule has 8 heteroatoms. The largest absolute Gasteiger partial charge is 0.485 e. The Morgan fingerprint density at radius 1 is 1.33 bits per heavy atom. The molecule has 1 N–H and O–H groups in total. The fourth-order valence-electron chi connectivity index (χ4n) is 7.52. The molecule has 1 aliphatic heterocycles. The molecule has 2 aromatic rings. The predicted octanol–water partition coefficient (Wildman–Crippen LogP) is 5.33. The smallest absolute Gasteiger partial charge is 0.345 e. The molecule has 8 atom stereocenters. The minimum atomic E-state index is -1.03. The molecule has 3 heterocycles. The molecule has 194 valence electrons. The number of carbonyl (C=O) groups excluding carboxylic acids is 1. The van der Waals surface area contributed by atoms with E-state index in [-0.39, 0.29) is 38.1 Å². The second-order valence-electron chi connectivity index (χ2n) is 11.6. The number of aliphatic hydroxyl groups excluding tert-OH is 1. The average molecular weight is 607 g/mol. The van der Waals surface area contributed by atoms with Crippen LogP contribution in [-0.4, -0.2) is 32.2 Å². The van der Waals surface area contributed by atoms with E-state index < -0.39 is 17.3 Å². The van der Waals surface area contributed by atoms with E-state index in [0.717, 1.165) is 19.3 Å². The number of aliphatic hydroxyl groups is 1. The molecule has 3 unspecified atom stereocenters. The SMILES string of the molecule is CC(=O)OCC1(C)C2C[C@@H](I)[C@@]3(C)Oc4cc(-c5cccnc5)oc(=O)c4[C@H](O)C3[C@@]2(C)CC[C@@H]1C. The number of ether oxygens (including phenoxy) is 2. The summed E-state index contributed by atoms with van der Waals surface area (Å²) in [5, 5.41) is 11.9. The van der Waals surface area contributed by atoms with E-state index in [1.807, 2.05) is 6.07 Å². The molecular formula is C28H34INO6. The summed E-state index contributed by atoms with van der Waals surface area (Å²) in [5.41, 5.74) is -0.991. The van der Waals surface area contributed by atoms with E-state index in [1.165, 1.54) is 6.92 Å². The molecule has 0 radical (unpaired) electrons. The van der Waals surface area contributed by atoms with Crippen LogP contribution >= 0.6 is 22.6 Å². The molecule has 0 aromatic carbocycles. The first kappa shape index (κ1) is 25.7. The second-order valence-corrected chi connectivity index (χ2v) is 13.1. The van der Waals surface area contributed by atoms with Crippen molar-refractivity contribution in [3.05, 3.63) is 46.6 Å². The molecule has 2 fully saturated rings. The highest BCUT2D eigenvalue weighted by atomic mass is 127. The van der Waals surface area contributed by atoms with E-state index >= 15 is 0 Å². The van der Waals surface area contributed by atoms with Crippen LogP contribution in [0.5, 0.6) is 5.75 Å². The second kappa shape index (κ2) is 8.82. The first-order chi connectivity index (χ1) is 16.9. The molecule has 7 nitrogen and oxygen atoms in total. The van der Waals surface area contributed by atoms with Gasteiger partial charge in [-0.2, -0.15) is 0 Å². The van der Waals surface area contributed by atoms with Gasteiger partial charge in [0.15, 0.2) is 0 Å². The molecule has 2 aliphatic carbocycles. The van der Waals surface area contributed by atoms with Crippen molar-refractivity contribution in [2.75, 3.05) is 6.61 Å². The van der Waals surface area contributed by atoms with Gasteiger partial charge in [0.05, 0.1) is 16.6 Å². The summed E-state index contributed by atoms with van der Waals surface area (Å²) < 4.78 is 18.1. The molecule has 0 saturated heterocycles. The van der Waals surface area contributed by atoms with Gasteiger partial charge in [-0.1, -0.05) is 43.4 Å². The summed E-state index contributed by atoms with van der Waals surface area (Å²) in [5.74, 6) is 0.672. The summed E-state index contributed by atoms with van der Waals surface area (Å²) in [6.45, 7) is 10.5. The van der Waals surface area contributed by atoms with Gasteiger partial charge in [-0.25, -0.2) is 4.79 Å². The number of alkyl halides is 1. The van der Waals surface area contributed by atoms with Gasteiger partial charge < -0.3 is 19.0 Å². The zero-order valence-corrected chi connectivity index (χ0v) is 23.6. The number of fused-ring (bicyclic) bond motifs is 4. The number of nitrogens with zero attached hydrogens (tertiary/aromatic N) is 1. The van der Waals surface area contributed by atoms with Crippen LogP contribution in [-0.2, 0) is 9.53 Å². The predicted molar refractivity (Wildman–Crippen MR) is 143 cm³/mol. The Bertz CT molecular complexity index is 1230. The van der Waals surface area contributed by atoms with Crippen LogP contribution in [0.15, 0.2) is 39.8 Å². The van der Waals surface area contributed by atoms with Crippen molar-refractivity contribution >= 4 is 28.6 Å². The Balaban J connectivity index is 1.61. The molecule has 36 heavy (non-hydrogen) atoms. The average Bonchev–Trinajstić information content (AvgIpc) is 2.82. The van der Waals surface area contributed by atoms with Gasteiger partial charge >= 0.3 is 11.6 Å². The Morgan fingerprint density at radius 3 is 2.75 bits per heavy atom. The zero-order valence-electron chi connectivity index (χ0n) is 21.4. The lowest BCUT2D eigenvalue weighted by Gasteiger charge is -2.66. The molecule has 2 saturated carbocycles. The Morgan fingerprint density at radius 2 is 2.08 bits per heavy atom. The van der Waals surface area contributed by atoms with Crippen molar-refractivity contribution in [2.45, 2.75) is 69.5 Å². The van der Waals surface area contributed by atoms with E-state index in [1.54, 1.807) is 24.5 Å². The third-order valence-electron chi connectivity index (χ3n) is 9.65. The van der Waals surface area contributed by atoms with Gasteiger partial charge in [-0.15, -0.1) is 0 Å². The molecule has 0 spiro atoms. The van der Waals surface area contributed by atoms with Crippen molar-refractivity contribution in [3.8, 4) is 17.1 Å². The normalized spacial score (nSPS) is 39.2. The van der Waals surface area contributed by atoms with E-state index in [2.05, 4.69) is 55.3 Å². The number of carbonyl (C=O) groups is 1. The van der Waals surface area contributed by atoms with Gasteiger partial charge in [-0.3, -0.25) is 9.78 Å². The van der Waals surface area contributed by atoms with Crippen LogP contribution in [0.2, 0.25) is 0 Å². The van der Waals surface area contributed by atoms with Gasteiger partial charge in [0.25, 0.3) is 0 Å². The third kappa shape index (κ3) is 3.73. The first-order valence-corrected chi connectivity index (χ1v) is 13.9. The van der Waals surface area contributed by atoms with Crippen molar-refractivity contribution < 1.29 is 23.8 Å². The van der Waals surface area contributed by atoms with Gasteiger partial charge in [-0.05, 0) is 55.6 Å². The fourth-order valence-corrected chi connectivity index (χ4v) is 8.54. The van der Waals surface area contributed by atoms with Crippen molar-refractivity contribution in [2.24, 2.45) is 28.6 Å². The van der Waals surface area contributed by atoms with Crippen LogP contribution in [0.4, 0.5) is 0 Å². The lowest BCUT2D eigenvalue weighted by Crippen LogP contribution is -2.68. The van der Waals surface area contributed by atoms with Gasteiger partial charge in [0.2, 0.25) is 0 Å². The first-order valence-electron chi connectivity index (χ1n) is 12.6. The molecule has 0 bridgehead atoms. The maximum atomic E-state index is 13.3. The summed E-state index contributed by atoms with van der Waals surface area (Å²) in [7, 11) is 0. The Labute approximate surface area is 225 Å². The highest BCUT2D eigenvalue weighted by Gasteiger charge is 2.68. The van der Waals surface area contributed by atoms with Crippen molar-refractivity contribution in [1.82, 2.24) is 4.98 Å². The maximum absolute atomic E-state index is 13.3. The van der Waals surface area contributed by atoms with Crippen LogP contribution in [0.1, 0.15) is 65.5 Å². The van der Waals surface area contributed by atoms with Crippen LogP contribution in [0.25, 0.3) is 11.3 Å². The van der Waals surface area contributed by atoms with Gasteiger partial charge in [0.1, 0.15) is 22.7 Å². The van der Waals surface area contributed by atoms with E-state index in [9.17, 15) is 14.7 Å². The number of rotatable bonds is 3. The van der Waals surface area contributed by atoms with Gasteiger partial charge in [0, 0.05) is 42.3 Å². The third-order valence-corrected chi connectivity index (χ3v) is 11.4. The van der Waals surface area contributed by atoms with Crippen LogP contribution in [0, 0.1) is 28.6 Å². The topological polar surface area (TPSA) is 98.9 Å². The van der Waals surface area contributed by atoms with Crippen molar-refractivity contribution in [3.63, 3.8) is 0 Å². The number of hydrogen-bond acceptors (Lipinski definition) is 7. The number of aromatic nitrogens is 1. The summed E-state index contributed by atoms with van der Waals surface area (Å²) >= 11 is 2.45. The maximum Gasteiger partial charge on any atom is 0.345 e. The molecule has 5 rings (SSSR count). The Kier molecular flexibility index (Phi) is 6.30. The number of esters is 1. The molecule has 3 aliphatic rings. The minimum absolute atomic E-state index is 0.0667. The standard InChI is InChI=1S/C28H34INO6/c1-15-8-9-26(3)20(27(15,4)14-34-16(2)31)12-21(29)28(5)24(26)23(32)22-19(36-28)11-18(35-25(22)33)17-7-6-10-30-13-17/h6-7,10-11,13,15,20-21,23-24,32H,8-9,12,14H2,1-5H3/t15-,20?,21+,23-,24?,26-,27?,28+/m0/s1.